The smallest absolute Gasteiger partial charge is 0.260 e. The minimum atomic E-state index is -0.334. The molecular weight excluding hydrogens is 374 g/mol. The van der Waals surface area contributed by atoms with E-state index in [4.69, 9.17) is 9.47 Å². The lowest BCUT2D eigenvalue weighted by molar-refractivity contribution is 0.170. The van der Waals surface area contributed by atoms with Crippen molar-refractivity contribution in [1.29, 1.82) is 0 Å². The molecule has 3 aromatic rings. The van der Waals surface area contributed by atoms with E-state index in [2.05, 4.69) is 24.8 Å². The van der Waals surface area contributed by atoms with Gasteiger partial charge in [0.25, 0.3) is 5.56 Å². The lowest BCUT2D eigenvalue weighted by atomic mass is 10.1. The van der Waals surface area contributed by atoms with Gasteiger partial charge in [0.2, 0.25) is 5.88 Å². The minimum absolute atomic E-state index is 0.101. The summed E-state index contributed by atoms with van der Waals surface area (Å²) in [5.41, 5.74) is 0.975. The van der Waals surface area contributed by atoms with Gasteiger partial charge in [-0.3, -0.25) is 4.79 Å². The largest absolute Gasteiger partial charge is 0.489 e. The lowest BCUT2D eigenvalue weighted by Crippen LogP contribution is -2.39. The van der Waals surface area contributed by atoms with E-state index in [9.17, 15) is 9.90 Å². The molecule has 1 aliphatic heterocycles. The Labute approximate surface area is 167 Å². The Kier molecular flexibility index (Phi) is 5.30. The molecule has 0 aliphatic carbocycles. The Morgan fingerprint density at radius 3 is 2.72 bits per heavy atom. The van der Waals surface area contributed by atoms with Crippen LogP contribution in [0.5, 0.6) is 11.6 Å². The van der Waals surface area contributed by atoms with Crippen LogP contribution in [0.2, 0.25) is 0 Å². The van der Waals surface area contributed by atoms with Crippen molar-refractivity contribution in [3.63, 3.8) is 0 Å². The van der Waals surface area contributed by atoms with Gasteiger partial charge in [0, 0.05) is 32.0 Å². The summed E-state index contributed by atoms with van der Waals surface area (Å²) in [5.74, 6) is 2.31. The highest BCUT2D eigenvalue weighted by Gasteiger charge is 2.23. The van der Waals surface area contributed by atoms with Crippen molar-refractivity contribution in [3.8, 4) is 11.6 Å². The fourth-order valence-corrected chi connectivity index (χ4v) is 3.53. The highest BCUT2D eigenvalue weighted by molar-refractivity contribution is 5.77. The summed E-state index contributed by atoms with van der Waals surface area (Å²) in [6.45, 7) is 3.17. The first-order valence-corrected chi connectivity index (χ1v) is 9.50. The molecule has 3 aromatic heterocycles. The highest BCUT2D eigenvalue weighted by atomic mass is 16.5. The zero-order valence-electron chi connectivity index (χ0n) is 16.4. The van der Waals surface area contributed by atoms with E-state index >= 15 is 0 Å². The zero-order valence-corrected chi connectivity index (χ0v) is 16.4. The van der Waals surface area contributed by atoms with E-state index in [-0.39, 0.29) is 24.1 Å². The normalized spacial score (nSPS) is 14.9. The SMILES string of the molecule is COc1ccc(OC2CCN(c3nc4nc(CO)[nH]c(=O)c4cc3C)CC2)cn1. The van der Waals surface area contributed by atoms with E-state index in [0.29, 0.717) is 16.9 Å². The van der Waals surface area contributed by atoms with E-state index in [1.165, 1.54) is 0 Å². The summed E-state index contributed by atoms with van der Waals surface area (Å²) < 4.78 is 11.1. The van der Waals surface area contributed by atoms with Crippen molar-refractivity contribution in [1.82, 2.24) is 19.9 Å². The monoisotopic (exact) mass is 397 g/mol. The Hall–Kier alpha value is -3.20. The first kappa shape index (κ1) is 19.1. The third-order valence-corrected chi connectivity index (χ3v) is 5.02. The molecule has 0 bridgehead atoms. The average molecular weight is 397 g/mol. The fourth-order valence-electron chi connectivity index (χ4n) is 3.53. The second-order valence-corrected chi connectivity index (χ2v) is 7.01. The van der Waals surface area contributed by atoms with Gasteiger partial charge >= 0.3 is 0 Å². The summed E-state index contributed by atoms with van der Waals surface area (Å²) in [6, 6.07) is 5.44. The maximum Gasteiger partial charge on any atom is 0.260 e. The van der Waals surface area contributed by atoms with Crippen LogP contribution in [0.25, 0.3) is 11.0 Å². The number of H-pyrrole nitrogens is 1. The fraction of sp³-hybridized carbons (Fsp3) is 0.400. The molecule has 0 atom stereocenters. The number of aliphatic hydroxyl groups is 1. The van der Waals surface area contributed by atoms with Crippen LogP contribution >= 0.6 is 0 Å². The van der Waals surface area contributed by atoms with E-state index < -0.39 is 0 Å². The van der Waals surface area contributed by atoms with Gasteiger partial charge in [0.05, 0.1) is 18.7 Å². The van der Waals surface area contributed by atoms with Crippen LogP contribution in [0.1, 0.15) is 24.2 Å². The second kappa shape index (κ2) is 8.04. The summed E-state index contributed by atoms with van der Waals surface area (Å²) in [6.07, 6.45) is 3.46. The number of anilines is 1. The van der Waals surface area contributed by atoms with Crippen LogP contribution in [0, 0.1) is 6.92 Å². The van der Waals surface area contributed by atoms with Crippen molar-refractivity contribution in [2.75, 3.05) is 25.1 Å². The molecule has 1 saturated heterocycles. The van der Waals surface area contributed by atoms with Gasteiger partial charge < -0.3 is 24.5 Å². The Morgan fingerprint density at radius 1 is 1.28 bits per heavy atom. The number of aromatic amines is 1. The predicted molar refractivity (Wildman–Crippen MR) is 107 cm³/mol. The van der Waals surface area contributed by atoms with Gasteiger partial charge in [-0.15, -0.1) is 0 Å². The van der Waals surface area contributed by atoms with Gasteiger partial charge in [-0.05, 0) is 24.6 Å². The molecule has 0 radical (unpaired) electrons. The molecule has 9 nitrogen and oxygen atoms in total. The predicted octanol–water partition coefficient (Wildman–Crippen LogP) is 1.57. The Bertz CT molecular complexity index is 1060. The molecule has 0 saturated carbocycles. The van der Waals surface area contributed by atoms with Crippen LogP contribution in [-0.2, 0) is 6.61 Å². The quantitative estimate of drug-likeness (QED) is 0.667. The molecule has 0 spiro atoms. The molecule has 0 aromatic carbocycles. The molecular formula is C20H23N5O4. The molecule has 29 heavy (non-hydrogen) atoms. The maximum absolute atomic E-state index is 12.2. The van der Waals surface area contributed by atoms with Crippen molar-refractivity contribution < 1.29 is 14.6 Å². The lowest BCUT2D eigenvalue weighted by Gasteiger charge is -2.33. The third kappa shape index (κ3) is 4.00. The number of pyridine rings is 2. The minimum Gasteiger partial charge on any atom is -0.489 e. The number of fused-ring (bicyclic) bond motifs is 1. The number of aryl methyl sites for hydroxylation is 1. The molecule has 1 aliphatic rings. The van der Waals surface area contributed by atoms with Crippen LogP contribution in [0.4, 0.5) is 5.82 Å². The topological polar surface area (TPSA) is 113 Å². The van der Waals surface area contributed by atoms with Gasteiger partial charge in [-0.1, -0.05) is 0 Å². The van der Waals surface area contributed by atoms with Crippen LogP contribution in [0.3, 0.4) is 0 Å². The number of hydrogen-bond acceptors (Lipinski definition) is 8. The van der Waals surface area contributed by atoms with Gasteiger partial charge in [0.15, 0.2) is 5.65 Å². The average Bonchev–Trinajstić information content (AvgIpc) is 2.75. The van der Waals surface area contributed by atoms with Crippen LogP contribution < -0.4 is 19.9 Å². The molecule has 0 unspecified atom stereocenters. The first-order valence-electron chi connectivity index (χ1n) is 9.50. The van der Waals surface area contributed by atoms with Crippen LogP contribution in [0.15, 0.2) is 29.2 Å². The zero-order chi connectivity index (χ0) is 20.4. The Morgan fingerprint density at radius 2 is 2.07 bits per heavy atom. The number of aliphatic hydroxyl groups excluding tert-OH is 1. The maximum atomic E-state index is 12.2. The summed E-state index contributed by atoms with van der Waals surface area (Å²) in [4.78, 5) is 29.9. The van der Waals surface area contributed by atoms with Crippen LogP contribution in [-0.4, -0.2) is 51.3 Å². The highest BCUT2D eigenvalue weighted by Crippen LogP contribution is 2.26. The van der Waals surface area contributed by atoms with Crippen molar-refractivity contribution in [2.24, 2.45) is 0 Å². The van der Waals surface area contributed by atoms with E-state index in [0.717, 1.165) is 43.1 Å². The van der Waals surface area contributed by atoms with Crippen molar-refractivity contribution in [3.05, 3.63) is 46.1 Å². The van der Waals surface area contributed by atoms with Gasteiger partial charge in [-0.25, -0.2) is 15.0 Å². The number of piperidine rings is 1. The number of aromatic nitrogens is 4. The molecule has 2 N–H and O–H groups in total. The molecule has 9 heteroatoms. The summed E-state index contributed by atoms with van der Waals surface area (Å²) >= 11 is 0. The third-order valence-electron chi connectivity index (χ3n) is 5.02. The van der Waals surface area contributed by atoms with E-state index in [1.807, 2.05) is 13.0 Å². The number of hydrogen-bond donors (Lipinski definition) is 2. The summed E-state index contributed by atoms with van der Waals surface area (Å²) in [5, 5.41) is 9.70. The first-order chi connectivity index (χ1) is 14.1. The summed E-state index contributed by atoms with van der Waals surface area (Å²) in [7, 11) is 1.58. The molecule has 0 amide bonds. The standard InChI is InChI=1S/C20H23N5O4/c1-12-9-15-18(22-16(11-26)23-20(15)27)24-19(12)25-7-5-13(6-8-25)29-14-3-4-17(28-2)21-10-14/h3-4,9-10,13,26H,5-8,11H2,1-2H3,(H,22,23,24,27). The number of nitrogens with zero attached hydrogens (tertiary/aromatic N) is 4. The van der Waals surface area contributed by atoms with Crippen molar-refractivity contribution >= 4 is 16.9 Å². The number of rotatable bonds is 5. The second-order valence-electron chi connectivity index (χ2n) is 7.01. The number of ether oxygens (including phenoxy) is 2. The number of methoxy groups -OCH3 is 1. The molecule has 152 valence electrons. The van der Waals surface area contributed by atoms with E-state index in [1.54, 1.807) is 25.4 Å². The van der Waals surface area contributed by atoms with Gasteiger partial charge in [0.1, 0.15) is 30.1 Å². The number of nitrogens with one attached hydrogen (secondary N) is 1. The Balaban J connectivity index is 1.48. The van der Waals surface area contributed by atoms with Crippen molar-refractivity contribution in [2.45, 2.75) is 32.5 Å². The molecule has 1 fully saturated rings. The van der Waals surface area contributed by atoms with Gasteiger partial charge in [-0.2, -0.15) is 0 Å². The molecule has 4 rings (SSSR count). The molecule has 4 heterocycles.